The molecule has 0 N–H and O–H groups in total. The van der Waals surface area contributed by atoms with Gasteiger partial charge in [-0.05, 0) is 63.3 Å². The Morgan fingerprint density at radius 1 is 1.28 bits per heavy atom. The molecule has 1 atom stereocenters. The van der Waals surface area contributed by atoms with E-state index in [9.17, 15) is 9.59 Å². The summed E-state index contributed by atoms with van der Waals surface area (Å²) in [4.78, 5) is 27.0. The monoisotopic (exact) mass is 475 g/mol. The van der Waals surface area contributed by atoms with Crippen LogP contribution in [0.25, 0.3) is 11.3 Å². The third-order valence-corrected chi connectivity index (χ3v) is 7.31. The van der Waals surface area contributed by atoms with Gasteiger partial charge in [0.2, 0.25) is 0 Å². The van der Waals surface area contributed by atoms with Crippen molar-refractivity contribution in [1.82, 2.24) is 4.57 Å². The van der Waals surface area contributed by atoms with Crippen molar-refractivity contribution in [3.63, 3.8) is 0 Å². The molecule has 1 aromatic heterocycles. The number of hydrogen-bond acceptors (Lipinski definition) is 6. The summed E-state index contributed by atoms with van der Waals surface area (Å²) in [5, 5.41) is 0.508. The molecule has 32 heavy (non-hydrogen) atoms. The summed E-state index contributed by atoms with van der Waals surface area (Å²) in [6.45, 7) is 4.82. The molecule has 2 aliphatic heterocycles. The van der Waals surface area contributed by atoms with Crippen LogP contribution in [0.1, 0.15) is 61.5 Å². The van der Waals surface area contributed by atoms with E-state index in [1.807, 2.05) is 12.1 Å². The first-order valence-corrected chi connectivity index (χ1v) is 12.5. The van der Waals surface area contributed by atoms with Crippen LogP contribution in [0.2, 0.25) is 5.02 Å². The summed E-state index contributed by atoms with van der Waals surface area (Å²) in [5.74, 6) is 0.729. The molecule has 1 saturated heterocycles. The maximum absolute atomic E-state index is 13.3. The van der Waals surface area contributed by atoms with Crippen LogP contribution in [0.3, 0.4) is 0 Å². The molecule has 2 aromatic rings. The van der Waals surface area contributed by atoms with Gasteiger partial charge in [-0.3, -0.25) is 4.79 Å². The Hall–Kier alpha value is -1.96. The van der Waals surface area contributed by atoms with Crippen LogP contribution in [0, 0.1) is 0 Å². The molecule has 0 bridgehead atoms. The van der Waals surface area contributed by atoms with Crippen LogP contribution in [-0.2, 0) is 15.2 Å². The zero-order valence-corrected chi connectivity index (χ0v) is 19.8. The number of benzene rings is 1. The molecule has 0 spiro atoms. The Balaban J connectivity index is 1.54. The summed E-state index contributed by atoms with van der Waals surface area (Å²) in [5.41, 5.74) is 2.55. The van der Waals surface area contributed by atoms with Gasteiger partial charge < -0.3 is 18.8 Å². The maximum Gasteiger partial charge on any atom is 0.344 e. The van der Waals surface area contributed by atoms with Crippen LogP contribution in [0.4, 0.5) is 0 Å². The first-order chi connectivity index (χ1) is 15.4. The van der Waals surface area contributed by atoms with E-state index in [-0.39, 0.29) is 29.4 Å². The van der Waals surface area contributed by atoms with Crippen LogP contribution in [-0.4, -0.2) is 36.0 Å². The molecule has 170 valence electrons. The molecule has 0 radical (unpaired) electrons. The SMILES string of the molecule is CC(C)OC(=O)c1cc2c(n(C3CC3)c1=O)-c1cc(Cl)c(OCC3CCCO3)cc1SC2. The largest absolute Gasteiger partial charge is 0.489 e. The average molecular weight is 476 g/mol. The highest BCUT2D eigenvalue weighted by atomic mass is 35.5. The van der Waals surface area contributed by atoms with Crippen LogP contribution in [0.5, 0.6) is 5.75 Å². The number of thioether (sulfide) groups is 1. The number of carbonyl (C=O) groups is 1. The van der Waals surface area contributed by atoms with Gasteiger partial charge >= 0.3 is 5.97 Å². The molecular weight excluding hydrogens is 450 g/mol. The number of halogens is 1. The van der Waals surface area contributed by atoms with E-state index in [0.717, 1.165) is 54.0 Å². The molecule has 1 unspecified atom stereocenters. The van der Waals surface area contributed by atoms with Crippen molar-refractivity contribution in [1.29, 1.82) is 0 Å². The van der Waals surface area contributed by atoms with Gasteiger partial charge in [0.1, 0.15) is 17.9 Å². The van der Waals surface area contributed by atoms with Crippen molar-refractivity contribution in [2.75, 3.05) is 13.2 Å². The lowest BCUT2D eigenvalue weighted by Gasteiger charge is -2.25. The Morgan fingerprint density at radius 2 is 2.09 bits per heavy atom. The first-order valence-electron chi connectivity index (χ1n) is 11.1. The van der Waals surface area contributed by atoms with Gasteiger partial charge in [-0.25, -0.2) is 4.79 Å². The Bertz CT molecular complexity index is 1120. The standard InChI is InChI=1S/C24H26ClNO5S/c1-13(2)31-24(28)18-8-14-12-32-21-10-20(30-11-16-4-3-7-29-16)19(25)9-17(21)22(14)26(23(18)27)15-5-6-15/h8-10,13,15-16H,3-7,11-12H2,1-2H3. The van der Waals surface area contributed by atoms with Crippen molar-refractivity contribution in [3.05, 3.63) is 44.7 Å². The molecular formula is C24H26ClNO5S. The van der Waals surface area contributed by atoms with E-state index in [4.69, 9.17) is 25.8 Å². The lowest BCUT2D eigenvalue weighted by atomic mass is 10.0. The second kappa shape index (κ2) is 8.76. The highest BCUT2D eigenvalue weighted by Gasteiger charge is 2.34. The normalized spacial score (nSPS) is 19.6. The van der Waals surface area contributed by atoms with Gasteiger partial charge in [0, 0.05) is 28.9 Å². The fraction of sp³-hybridized carbons (Fsp3) is 0.500. The average Bonchev–Trinajstić information content (AvgIpc) is 3.45. The topological polar surface area (TPSA) is 66.8 Å². The highest BCUT2D eigenvalue weighted by molar-refractivity contribution is 7.98. The Kier molecular flexibility index (Phi) is 5.99. The maximum atomic E-state index is 13.3. The van der Waals surface area contributed by atoms with Crippen LogP contribution in [0.15, 0.2) is 27.9 Å². The van der Waals surface area contributed by atoms with Gasteiger partial charge in [-0.1, -0.05) is 11.6 Å². The van der Waals surface area contributed by atoms with E-state index >= 15 is 0 Å². The number of nitrogens with zero attached hydrogens (tertiary/aromatic N) is 1. The molecule has 1 aliphatic carbocycles. The minimum absolute atomic E-state index is 0.105. The second-order valence-corrected chi connectivity index (χ2v) is 10.2. The quantitative estimate of drug-likeness (QED) is 0.533. The Morgan fingerprint density at radius 3 is 2.78 bits per heavy atom. The van der Waals surface area contributed by atoms with E-state index in [0.29, 0.717) is 23.1 Å². The molecule has 5 rings (SSSR count). The zero-order chi connectivity index (χ0) is 22.4. The van der Waals surface area contributed by atoms with Crippen LogP contribution >= 0.6 is 23.4 Å². The zero-order valence-electron chi connectivity index (χ0n) is 18.2. The number of ether oxygens (including phenoxy) is 3. The van der Waals surface area contributed by atoms with E-state index < -0.39 is 5.97 Å². The summed E-state index contributed by atoms with van der Waals surface area (Å²) < 4.78 is 18.7. The molecule has 1 aromatic carbocycles. The van der Waals surface area contributed by atoms with Gasteiger partial charge in [0.05, 0.1) is 22.9 Å². The first kappa shape index (κ1) is 21.9. The number of rotatable bonds is 6. The molecule has 3 aliphatic rings. The van der Waals surface area contributed by atoms with Crippen molar-refractivity contribution >= 4 is 29.3 Å². The number of hydrogen-bond donors (Lipinski definition) is 0. The van der Waals surface area contributed by atoms with E-state index in [1.54, 1.807) is 36.2 Å². The van der Waals surface area contributed by atoms with Gasteiger partial charge in [-0.15, -0.1) is 11.8 Å². The molecule has 8 heteroatoms. The summed E-state index contributed by atoms with van der Waals surface area (Å²) in [7, 11) is 0. The summed E-state index contributed by atoms with van der Waals surface area (Å²) in [6, 6.07) is 5.65. The van der Waals surface area contributed by atoms with Crippen molar-refractivity contribution in [2.24, 2.45) is 0 Å². The fourth-order valence-electron chi connectivity index (χ4n) is 4.27. The predicted octanol–water partition coefficient (Wildman–Crippen LogP) is 5.23. The Labute approximate surface area is 196 Å². The molecule has 1 saturated carbocycles. The number of esters is 1. The number of aromatic nitrogens is 1. The number of carbonyl (C=O) groups excluding carboxylic acids is 1. The molecule has 2 fully saturated rings. The fourth-order valence-corrected chi connectivity index (χ4v) is 5.52. The molecule has 3 heterocycles. The van der Waals surface area contributed by atoms with Crippen molar-refractivity contribution in [3.8, 4) is 17.0 Å². The molecule has 0 amide bonds. The predicted molar refractivity (Wildman–Crippen MR) is 124 cm³/mol. The number of fused-ring (bicyclic) bond motifs is 3. The van der Waals surface area contributed by atoms with Gasteiger partial charge in [0.25, 0.3) is 5.56 Å². The van der Waals surface area contributed by atoms with E-state index in [1.165, 1.54) is 0 Å². The lowest BCUT2D eigenvalue weighted by Crippen LogP contribution is -2.30. The second-order valence-electron chi connectivity index (χ2n) is 8.81. The molecule has 6 nitrogen and oxygen atoms in total. The van der Waals surface area contributed by atoms with Gasteiger partial charge in [0.15, 0.2) is 0 Å². The minimum Gasteiger partial charge on any atom is -0.489 e. The number of pyridine rings is 1. The third kappa shape index (κ3) is 4.18. The minimum atomic E-state index is -0.561. The van der Waals surface area contributed by atoms with E-state index in [2.05, 4.69) is 0 Å². The van der Waals surface area contributed by atoms with Gasteiger partial charge in [-0.2, -0.15) is 0 Å². The van der Waals surface area contributed by atoms with Crippen molar-refractivity contribution < 1.29 is 19.0 Å². The third-order valence-electron chi connectivity index (χ3n) is 5.91. The highest BCUT2D eigenvalue weighted by Crippen LogP contribution is 2.48. The summed E-state index contributed by atoms with van der Waals surface area (Å²) >= 11 is 8.26. The lowest BCUT2D eigenvalue weighted by molar-refractivity contribution is 0.0375. The summed E-state index contributed by atoms with van der Waals surface area (Å²) in [6.07, 6.45) is 3.74. The smallest absolute Gasteiger partial charge is 0.344 e. The van der Waals surface area contributed by atoms with Crippen LogP contribution < -0.4 is 10.3 Å². The van der Waals surface area contributed by atoms with Crippen molar-refractivity contribution in [2.45, 2.75) is 68.4 Å².